The molecule has 78 valence electrons. The summed E-state index contributed by atoms with van der Waals surface area (Å²) in [5, 5.41) is 1.96. The standard InChI is InChI=1S/C10H11N3O2/c1-7(14)15-13-10-4-2-3-8-5-11-12-6-9(8)10/h2-6,11-13H,1H3. The Morgan fingerprint density at radius 3 is 2.93 bits per heavy atom. The van der Waals surface area contributed by atoms with Gasteiger partial charge in [-0.15, -0.1) is 0 Å². The Morgan fingerprint density at radius 2 is 2.13 bits per heavy atom. The Hall–Kier alpha value is -2.17. The van der Waals surface area contributed by atoms with E-state index in [0.29, 0.717) is 0 Å². The largest absolute Gasteiger partial charge is 0.344 e. The highest BCUT2D eigenvalue weighted by atomic mass is 16.7. The summed E-state index contributed by atoms with van der Waals surface area (Å²) in [7, 11) is 0. The lowest BCUT2D eigenvalue weighted by atomic mass is 10.2. The van der Waals surface area contributed by atoms with Crippen LogP contribution in [0, 0.1) is 0 Å². The van der Waals surface area contributed by atoms with Gasteiger partial charge in [0.05, 0.1) is 5.69 Å². The van der Waals surface area contributed by atoms with Gasteiger partial charge in [0.2, 0.25) is 0 Å². The zero-order chi connectivity index (χ0) is 10.7. The van der Waals surface area contributed by atoms with Crippen LogP contribution in [0.1, 0.15) is 6.92 Å². The van der Waals surface area contributed by atoms with Crippen LogP contribution in [-0.2, 0) is 9.63 Å². The number of benzene rings is 1. The molecule has 2 rings (SSSR count). The van der Waals surface area contributed by atoms with Crippen LogP contribution in [0.15, 0.2) is 18.2 Å². The van der Waals surface area contributed by atoms with E-state index < -0.39 is 0 Å². The van der Waals surface area contributed by atoms with Crippen molar-refractivity contribution in [2.75, 3.05) is 5.48 Å². The maximum Gasteiger partial charge on any atom is 0.329 e. The molecule has 5 nitrogen and oxygen atoms in total. The fourth-order valence-electron chi connectivity index (χ4n) is 1.32. The summed E-state index contributed by atoms with van der Waals surface area (Å²) in [6, 6.07) is 5.67. The lowest BCUT2D eigenvalue weighted by Crippen LogP contribution is -2.40. The van der Waals surface area contributed by atoms with Crippen LogP contribution < -0.4 is 26.8 Å². The van der Waals surface area contributed by atoms with E-state index in [0.717, 1.165) is 16.1 Å². The first kappa shape index (κ1) is 9.39. The van der Waals surface area contributed by atoms with E-state index in [-0.39, 0.29) is 5.97 Å². The molecule has 0 saturated heterocycles. The normalized spacial score (nSPS) is 12.1. The number of rotatable bonds is 2. The maximum atomic E-state index is 10.7. The third-order valence-electron chi connectivity index (χ3n) is 1.97. The Morgan fingerprint density at radius 1 is 1.33 bits per heavy atom. The summed E-state index contributed by atoms with van der Waals surface area (Å²) in [4.78, 5) is 15.4. The molecular formula is C10H11N3O2. The van der Waals surface area contributed by atoms with Gasteiger partial charge in [0.25, 0.3) is 0 Å². The van der Waals surface area contributed by atoms with Crippen molar-refractivity contribution in [1.82, 2.24) is 10.9 Å². The minimum atomic E-state index is -0.376. The molecule has 1 aromatic carbocycles. The number of fused-ring (bicyclic) bond motifs is 1. The zero-order valence-corrected chi connectivity index (χ0v) is 8.20. The summed E-state index contributed by atoms with van der Waals surface area (Å²) < 4.78 is 0. The molecule has 1 heterocycles. The van der Waals surface area contributed by atoms with Crippen molar-refractivity contribution in [3.05, 3.63) is 28.6 Å². The molecule has 1 aliphatic heterocycles. The van der Waals surface area contributed by atoms with E-state index in [2.05, 4.69) is 16.3 Å². The van der Waals surface area contributed by atoms with Gasteiger partial charge >= 0.3 is 5.97 Å². The smallest absolute Gasteiger partial charge is 0.329 e. The number of anilines is 1. The van der Waals surface area contributed by atoms with Gasteiger partial charge in [-0.05, 0) is 6.07 Å². The maximum absolute atomic E-state index is 10.7. The number of carbonyl (C=O) groups is 1. The zero-order valence-electron chi connectivity index (χ0n) is 8.20. The molecule has 1 aromatic rings. The highest BCUT2D eigenvalue weighted by Crippen LogP contribution is 1.96. The van der Waals surface area contributed by atoms with Crippen LogP contribution in [0.4, 0.5) is 5.69 Å². The van der Waals surface area contributed by atoms with Crippen molar-refractivity contribution in [1.29, 1.82) is 0 Å². The molecular weight excluding hydrogens is 194 g/mol. The number of hydrogen-bond acceptors (Lipinski definition) is 5. The first-order valence-electron chi connectivity index (χ1n) is 4.51. The Bertz CT molecular complexity index is 496. The van der Waals surface area contributed by atoms with Crippen LogP contribution >= 0.6 is 0 Å². The Kier molecular flexibility index (Phi) is 2.45. The van der Waals surface area contributed by atoms with Crippen molar-refractivity contribution in [2.24, 2.45) is 0 Å². The van der Waals surface area contributed by atoms with Crippen LogP contribution in [-0.4, -0.2) is 5.97 Å². The highest BCUT2D eigenvalue weighted by Gasteiger charge is 2.00. The first-order chi connectivity index (χ1) is 7.27. The molecule has 15 heavy (non-hydrogen) atoms. The van der Waals surface area contributed by atoms with Crippen LogP contribution in [0.25, 0.3) is 12.4 Å². The van der Waals surface area contributed by atoms with Crippen molar-refractivity contribution in [3.8, 4) is 0 Å². The number of hydrogen-bond donors (Lipinski definition) is 3. The molecule has 0 bridgehead atoms. The van der Waals surface area contributed by atoms with Crippen molar-refractivity contribution >= 4 is 24.1 Å². The van der Waals surface area contributed by atoms with Crippen LogP contribution in [0.3, 0.4) is 0 Å². The lowest BCUT2D eigenvalue weighted by molar-refractivity contribution is -0.138. The van der Waals surface area contributed by atoms with Gasteiger partial charge in [0.15, 0.2) is 0 Å². The van der Waals surface area contributed by atoms with Gasteiger partial charge in [0.1, 0.15) is 0 Å². The van der Waals surface area contributed by atoms with E-state index in [1.807, 2.05) is 24.4 Å². The minimum Gasteiger partial charge on any atom is -0.344 e. The molecule has 0 amide bonds. The average Bonchev–Trinajstić information content (AvgIpc) is 2.26. The number of carbonyl (C=O) groups excluding carboxylic acids is 1. The van der Waals surface area contributed by atoms with Crippen LogP contribution in [0.5, 0.6) is 0 Å². The molecule has 5 heteroatoms. The van der Waals surface area contributed by atoms with E-state index in [9.17, 15) is 4.79 Å². The SMILES string of the molecule is CC(=O)ONc1cccc2c1=CNNC=2. The topological polar surface area (TPSA) is 62.4 Å². The van der Waals surface area contributed by atoms with Gasteiger partial charge in [0, 0.05) is 29.8 Å². The van der Waals surface area contributed by atoms with Gasteiger partial charge in [-0.1, -0.05) is 12.1 Å². The molecule has 1 aliphatic rings. The summed E-state index contributed by atoms with van der Waals surface area (Å²) >= 11 is 0. The van der Waals surface area contributed by atoms with Crippen molar-refractivity contribution in [3.63, 3.8) is 0 Å². The Labute approximate surface area is 86.4 Å². The summed E-state index contributed by atoms with van der Waals surface area (Å²) in [6.45, 7) is 1.35. The van der Waals surface area contributed by atoms with E-state index in [4.69, 9.17) is 4.84 Å². The molecule has 0 radical (unpaired) electrons. The number of nitrogens with one attached hydrogen (secondary N) is 3. The van der Waals surface area contributed by atoms with E-state index in [1.54, 1.807) is 6.20 Å². The molecule has 0 atom stereocenters. The molecule has 0 fully saturated rings. The van der Waals surface area contributed by atoms with Gasteiger partial charge in [-0.3, -0.25) is 4.79 Å². The lowest BCUT2D eigenvalue weighted by Gasteiger charge is -2.10. The van der Waals surface area contributed by atoms with Gasteiger partial charge in [-0.2, -0.15) is 0 Å². The predicted molar refractivity (Wildman–Crippen MR) is 56.3 cm³/mol. The van der Waals surface area contributed by atoms with Crippen molar-refractivity contribution in [2.45, 2.75) is 6.92 Å². The van der Waals surface area contributed by atoms with Crippen LogP contribution in [0.2, 0.25) is 0 Å². The quantitative estimate of drug-likeness (QED) is 0.550. The highest BCUT2D eigenvalue weighted by molar-refractivity contribution is 5.67. The third-order valence-corrected chi connectivity index (χ3v) is 1.97. The monoisotopic (exact) mass is 205 g/mol. The second-order valence-electron chi connectivity index (χ2n) is 3.08. The summed E-state index contributed by atoms with van der Waals surface area (Å²) in [6.07, 6.45) is 3.62. The molecule has 0 aromatic heterocycles. The molecule has 0 unspecified atom stereocenters. The predicted octanol–water partition coefficient (Wildman–Crippen LogP) is -0.840. The number of hydrazine groups is 1. The van der Waals surface area contributed by atoms with Crippen molar-refractivity contribution < 1.29 is 9.63 Å². The van der Waals surface area contributed by atoms with E-state index in [1.165, 1.54) is 6.92 Å². The van der Waals surface area contributed by atoms with Gasteiger partial charge in [-0.25, -0.2) is 5.48 Å². The molecule has 0 saturated carbocycles. The molecule has 3 N–H and O–H groups in total. The third kappa shape index (κ3) is 2.01. The average molecular weight is 205 g/mol. The first-order valence-corrected chi connectivity index (χ1v) is 4.51. The molecule has 0 spiro atoms. The molecule has 0 aliphatic carbocycles. The second-order valence-corrected chi connectivity index (χ2v) is 3.08. The van der Waals surface area contributed by atoms with Gasteiger partial charge < -0.3 is 15.7 Å². The Balaban J connectivity index is 2.37. The minimum absolute atomic E-state index is 0.376. The summed E-state index contributed by atoms with van der Waals surface area (Å²) in [5.41, 5.74) is 9.07. The fraction of sp³-hybridized carbons (Fsp3) is 0.100. The fourth-order valence-corrected chi connectivity index (χ4v) is 1.32. The van der Waals surface area contributed by atoms with E-state index >= 15 is 0 Å². The second kappa shape index (κ2) is 3.91. The summed E-state index contributed by atoms with van der Waals surface area (Å²) in [5.74, 6) is -0.376.